The standard InChI is InChI=1S/C14H17BrN4O/c1-4-12-18-13(16)8(2)14(19-12)17-9-5-6-10(15)11(7-9)20-3/h5-7H,4H2,1-3H3,(H3,16,17,18,19). The lowest BCUT2D eigenvalue weighted by Crippen LogP contribution is -2.06. The van der Waals surface area contributed by atoms with Gasteiger partial charge < -0.3 is 15.8 Å². The molecule has 0 aliphatic rings. The van der Waals surface area contributed by atoms with Crippen LogP contribution >= 0.6 is 15.9 Å². The number of halogens is 1. The van der Waals surface area contributed by atoms with Crippen molar-refractivity contribution >= 4 is 33.3 Å². The van der Waals surface area contributed by atoms with Crippen LogP contribution in [0, 0.1) is 6.92 Å². The Morgan fingerprint density at radius 1 is 1.35 bits per heavy atom. The first-order chi connectivity index (χ1) is 9.55. The fourth-order valence-corrected chi connectivity index (χ4v) is 2.14. The van der Waals surface area contributed by atoms with Crippen LogP contribution in [0.15, 0.2) is 22.7 Å². The SMILES string of the molecule is CCc1nc(N)c(C)c(Nc2ccc(Br)c(OC)c2)n1. The number of ether oxygens (including phenoxy) is 1. The molecule has 0 aliphatic carbocycles. The van der Waals surface area contributed by atoms with Crippen LogP contribution in [0.5, 0.6) is 5.75 Å². The van der Waals surface area contributed by atoms with E-state index in [1.165, 1.54) is 0 Å². The third kappa shape index (κ3) is 3.01. The number of nitrogens with zero attached hydrogens (tertiary/aromatic N) is 2. The van der Waals surface area contributed by atoms with Crippen LogP contribution in [0.4, 0.5) is 17.3 Å². The van der Waals surface area contributed by atoms with Crippen molar-refractivity contribution in [1.82, 2.24) is 9.97 Å². The van der Waals surface area contributed by atoms with Crippen molar-refractivity contribution in [2.45, 2.75) is 20.3 Å². The molecule has 0 saturated heterocycles. The summed E-state index contributed by atoms with van der Waals surface area (Å²) in [5, 5.41) is 3.26. The zero-order chi connectivity index (χ0) is 14.7. The quantitative estimate of drug-likeness (QED) is 0.894. The summed E-state index contributed by atoms with van der Waals surface area (Å²) in [6.45, 7) is 3.89. The van der Waals surface area contributed by atoms with Crippen LogP contribution in [-0.2, 0) is 6.42 Å². The maximum atomic E-state index is 5.91. The molecular weight excluding hydrogens is 320 g/mol. The van der Waals surface area contributed by atoms with E-state index in [2.05, 4.69) is 31.2 Å². The summed E-state index contributed by atoms with van der Waals surface area (Å²) >= 11 is 3.43. The molecule has 2 aromatic rings. The van der Waals surface area contributed by atoms with Crippen molar-refractivity contribution in [3.8, 4) is 5.75 Å². The maximum absolute atomic E-state index is 5.91. The highest BCUT2D eigenvalue weighted by Crippen LogP contribution is 2.30. The summed E-state index contributed by atoms with van der Waals surface area (Å²) in [4.78, 5) is 8.71. The summed E-state index contributed by atoms with van der Waals surface area (Å²) in [5.41, 5.74) is 7.63. The summed E-state index contributed by atoms with van der Waals surface area (Å²) < 4.78 is 6.18. The Kier molecular flexibility index (Phi) is 4.44. The molecule has 1 aromatic carbocycles. The summed E-state index contributed by atoms with van der Waals surface area (Å²) in [7, 11) is 1.63. The molecule has 0 unspecified atom stereocenters. The second kappa shape index (κ2) is 6.09. The minimum Gasteiger partial charge on any atom is -0.495 e. The summed E-state index contributed by atoms with van der Waals surface area (Å²) in [6.07, 6.45) is 0.739. The Morgan fingerprint density at radius 2 is 2.10 bits per heavy atom. The number of hydrogen-bond donors (Lipinski definition) is 2. The Bertz CT molecular complexity index is 631. The monoisotopic (exact) mass is 336 g/mol. The zero-order valence-electron chi connectivity index (χ0n) is 11.7. The molecule has 0 radical (unpaired) electrons. The molecule has 2 rings (SSSR count). The van der Waals surface area contributed by atoms with Crippen molar-refractivity contribution in [2.24, 2.45) is 0 Å². The van der Waals surface area contributed by atoms with E-state index in [1.54, 1.807) is 7.11 Å². The van der Waals surface area contributed by atoms with Gasteiger partial charge in [-0.2, -0.15) is 0 Å². The highest BCUT2D eigenvalue weighted by Gasteiger charge is 2.09. The van der Waals surface area contributed by atoms with Gasteiger partial charge in [-0.1, -0.05) is 6.92 Å². The van der Waals surface area contributed by atoms with Gasteiger partial charge >= 0.3 is 0 Å². The van der Waals surface area contributed by atoms with E-state index in [1.807, 2.05) is 32.0 Å². The molecule has 0 saturated carbocycles. The first kappa shape index (κ1) is 14.6. The van der Waals surface area contributed by atoms with Gasteiger partial charge in [0.15, 0.2) is 0 Å². The van der Waals surface area contributed by atoms with E-state index in [0.29, 0.717) is 5.82 Å². The maximum Gasteiger partial charge on any atom is 0.139 e. The van der Waals surface area contributed by atoms with Crippen LogP contribution in [0.25, 0.3) is 0 Å². The third-order valence-corrected chi connectivity index (χ3v) is 3.61. The number of nitrogens with two attached hydrogens (primary N) is 1. The number of aryl methyl sites for hydroxylation is 1. The molecule has 0 amide bonds. The van der Waals surface area contributed by atoms with Crippen molar-refractivity contribution < 1.29 is 4.74 Å². The number of hydrogen-bond acceptors (Lipinski definition) is 5. The number of nitrogen functional groups attached to an aromatic ring is 1. The second-order valence-electron chi connectivity index (χ2n) is 4.33. The minimum absolute atomic E-state index is 0.503. The van der Waals surface area contributed by atoms with E-state index >= 15 is 0 Å². The normalized spacial score (nSPS) is 10.4. The average Bonchev–Trinajstić information content (AvgIpc) is 2.45. The lowest BCUT2D eigenvalue weighted by molar-refractivity contribution is 0.412. The molecule has 0 atom stereocenters. The molecular formula is C14H17BrN4O. The Morgan fingerprint density at radius 3 is 2.75 bits per heavy atom. The molecule has 20 heavy (non-hydrogen) atoms. The summed E-state index contributed by atoms with van der Waals surface area (Å²) in [5.74, 6) is 2.70. The Hall–Kier alpha value is -1.82. The van der Waals surface area contributed by atoms with Crippen molar-refractivity contribution in [1.29, 1.82) is 0 Å². The third-order valence-electron chi connectivity index (χ3n) is 2.96. The fourth-order valence-electron chi connectivity index (χ4n) is 1.74. The number of anilines is 3. The lowest BCUT2D eigenvalue weighted by Gasteiger charge is -2.13. The van der Waals surface area contributed by atoms with Crippen LogP contribution in [-0.4, -0.2) is 17.1 Å². The van der Waals surface area contributed by atoms with E-state index in [9.17, 15) is 0 Å². The molecule has 0 spiro atoms. The van der Waals surface area contributed by atoms with E-state index in [4.69, 9.17) is 10.5 Å². The second-order valence-corrected chi connectivity index (χ2v) is 5.18. The van der Waals surface area contributed by atoms with Crippen LogP contribution < -0.4 is 15.8 Å². The van der Waals surface area contributed by atoms with Gasteiger partial charge in [0.05, 0.1) is 11.6 Å². The van der Waals surface area contributed by atoms with Gasteiger partial charge in [0.25, 0.3) is 0 Å². The van der Waals surface area contributed by atoms with E-state index in [0.717, 1.165) is 39.5 Å². The Balaban J connectivity index is 2.36. The minimum atomic E-state index is 0.503. The van der Waals surface area contributed by atoms with Gasteiger partial charge in [-0.05, 0) is 35.0 Å². The van der Waals surface area contributed by atoms with Gasteiger partial charge in [-0.3, -0.25) is 0 Å². The van der Waals surface area contributed by atoms with Crippen LogP contribution in [0.2, 0.25) is 0 Å². The van der Waals surface area contributed by atoms with E-state index in [-0.39, 0.29) is 0 Å². The topological polar surface area (TPSA) is 73.1 Å². The highest BCUT2D eigenvalue weighted by molar-refractivity contribution is 9.10. The smallest absolute Gasteiger partial charge is 0.139 e. The lowest BCUT2D eigenvalue weighted by atomic mass is 10.2. The number of benzene rings is 1. The van der Waals surface area contributed by atoms with Gasteiger partial charge in [-0.15, -0.1) is 0 Å². The average molecular weight is 337 g/mol. The molecule has 0 fully saturated rings. The van der Waals surface area contributed by atoms with Crippen LogP contribution in [0.3, 0.4) is 0 Å². The zero-order valence-corrected chi connectivity index (χ0v) is 13.3. The predicted molar refractivity (Wildman–Crippen MR) is 84.5 cm³/mol. The molecule has 6 heteroatoms. The van der Waals surface area contributed by atoms with Crippen molar-refractivity contribution in [3.63, 3.8) is 0 Å². The molecule has 106 valence electrons. The number of aromatic nitrogens is 2. The summed E-state index contributed by atoms with van der Waals surface area (Å²) in [6, 6.07) is 5.76. The van der Waals surface area contributed by atoms with Crippen molar-refractivity contribution in [3.05, 3.63) is 34.1 Å². The number of rotatable bonds is 4. The highest BCUT2D eigenvalue weighted by atomic mass is 79.9. The molecule has 3 N–H and O–H groups in total. The fraction of sp³-hybridized carbons (Fsp3) is 0.286. The molecule has 0 bridgehead atoms. The van der Waals surface area contributed by atoms with Gasteiger partial charge in [-0.25, -0.2) is 9.97 Å². The van der Waals surface area contributed by atoms with Gasteiger partial charge in [0, 0.05) is 23.7 Å². The number of nitrogens with one attached hydrogen (secondary N) is 1. The molecule has 0 aliphatic heterocycles. The number of methoxy groups -OCH3 is 1. The van der Waals surface area contributed by atoms with E-state index < -0.39 is 0 Å². The Labute approximate surface area is 126 Å². The predicted octanol–water partition coefficient (Wildman–Crippen LogP) is 3.44. The van der Waals surface area contributed by atoms with Crippen LogP contribution in [0.1, 0.15) is 18.3 Å². The molecule has 5 nitrogen and oxygen atoms in total. The van der Waals surface area contributed by atoms with Crippen molar-refractivity contribution in [2.75, 3.05) is 18.2 Å². The first-order valence-corrected chi connectivity index (χ1v) is 7.08. The first-order valence-electron chi connectivity index (χ1n) is 6.28. The molecule has 1 aromatic heterocycles. The largest absolute Gasteiger partial charge is 0.495 e. The van der Waals surface area contributed by atoms with Gasteiger partial charge in [0.2, 0.25) is 0 Å². The van der Waals surface area contributed by atoms with Gasteiger partial charge in [0.1, 0.15) is 23.2 Å². The molecule has 1 heterocycles.